The smallest absolute Gasteiger partial charge is 0.234 e. The largest absolute Gasteiger partial charge is 0.350 e. The quantitative estimate of drug-likeness (QED) is 0.838. The highest BCUT2D eigenvalue weighted by molar-refractivity contribution is 7.09. The number of nitrogens with zero attached hydrogens (tertiary/aromatic N) is 2. The molecule has 0 bridgehead atoms. The minimum Gasteiger partial charge on any atom is -0.350 e. The summed E-state index contributed by atoms with van der Waals surface area (Å²) in [5, 5.41) is 5.05. The van der Waals surface area contributed by atoms with Crippen LogP contribution in [-0.4, -0.2) is 54.5 Å². The SMILES string of the molecule is CCN(CC)C1CCN(CC(=O)NCc2cccs2)CC1. The molecule has 0 radical (unpaired) electrons. The van der Waals surface area contributed by atoms with Crippen LogP contribution in [0.25, 0.3) is 0 Å². The molecule has 0 saturated carbocycles. The summed E-state index contributed by atoms with van der Waals surface area (Å²) >= 11 is 1.69. The number of carbonyl (C=O) groups is 1. The number of hydrogen-bond acceptors (Lipinski definition) is 4. The van der Waals surface area contributed by atoms with Gasteiger partial charge in [-0.25, -0.2) is 0 Å². The maximum Gasteiger partial charge on any atom is 0.234 e. The van der Waals surface area contributed by atoms with Crippen LogP contribution in [0.5, 0.6) is 0 Å². The molecular formula is C16H27N3OS. The van der Waals surface area contributed by atoms with E-state index in [0.717, 1.165) is 26.2 Å². The van der Waals surface area contributed by atoms with Crippen molar-refractivity contribution in [3.63, 3.8) is 0 Å². The van der Waals surface area contributed by atoms with E-state index in [0.29, 0.717) is 19.1 Å². The van der Waals surface area contributed by atoms with Crippen molar-refractivity contribution in [2.45, 2.75) is 39.3 Å². The monoisotopic (exact) mass is 309 g/mol. The molecule has 118 valence electrons. The Balaban J connectivity index is 1.67. The molecule has 1 aliphatic rings. The number of hydrogen-bond donors (Lipinski definition) is 1. The number of nitrogens with one attached hydrogen (secondary N) is 1. The molecule has 1 aromatic rings. The van der Waals surface area contributed by atoms with Gasteiger partial charge in [0.05, 0.1) is 13.1 Å². The lowest BCUT2D eigenvalue weighted by Crippen LogP contribution is -2.47. The Morgan fingerprint density at radius 3 is 2.67 bits per heavy atom. The molecule has 2 rings (SSSR count). The van der Waals surface area contributed by atoms with Gasteiger partial charge in [-0.3, -0.25) is 9.69 Å². The van der Waals surface area contributed by atoms with Gasteiger partial charge in [0.1, 0.15) is 0 Å². The van der Waals surface area contributed by atoms with Crippen molar-refractivity contribution in [2.75, 3.05) is 32.7 Å². The van der Waals surface area contributed by atoms with E-state index in [1.807, 2.05) is 11.4 Å². The number of likely N-dealkylation sites (tertiary alicyclic amines) is 1. The van der Waals surface area contributed by atoms with Crippen molar-refractivity contribution in [1.29, 1.82) is 0 Å². The Morgan fingerprint density at radius 1 is 1.38 bits per heavy atom. The van der Waals surface area contributed by atoms with E-state index in [1.165, 1.54) is 17.7 Å². The predicted octanol–water partition coefficient (Wildman–Crippen LogP) is 2.17. The molecule has 5 heteroatoms. The third-order valence-electron chi connectivity index (χ3n) is 4.29. The lowest BCUT2D eigenvalue weighted by atomic mass is 10.0. The Morgan fingerprint density at radius 2 is 2.10 bits per heavy atom. The molecular weight excluding hydrogens is 282 g/mol. The van der Waals surface area contributed by atoms with Gasteiger partial charge in [-0.05, 0) is 37.4 Å². The number of rotatable bonds is 7. The summed E-state index contributed by atoms with van der Waals surface area (Å²) < 4.78 is 0. The second-order valence-electron chi connectivity index (χ2n) is 5.58. The molecule has 21 heavy (non-hydrogen) atoms. The van der Waals surface area contributed by atoms with Crippen molar-refractivity contribution < 1.29 is 4.79 Å². The molecule has 1 amide bonds. The maximum atomic E-state index is 12.0. The zero-order chi connectivity index (χ0) is 15.1. The Bertz CT molecular complexity index is 409. The van der Waals surface area contributed by atoms with E-state index in [2.05, 4.69) is 35.0 Å². The second kappa shape index (κ2) is 8.51. The molecule has 2 heterocycles. The maximum absolute atomic E-state index is 12.0. The third kappa shape index (κ3) is 5.09. The second-order valence-corrected chi connectivity index (χ2v) is 6.62. The molecule has 1 fully saturated rings. The zero-order valence-corrected chi connectivity index (χ0v) is 14.0. The van der Waals surface area contributed by atoms with Crippen LogP contribution in [-0.2, 0) is 11.3 Å². The minimum atomic E-state index is 0.143. The van der Waals surface area contributed by atoms with Crippen molar-refractivity contribution in [1.82, 2.24) is 15.1 Å². The number of piperidine rings is 1. The van der Waals surface area contributed by atoms with Gasteiger partial charge < -0.3 is 10.2 Å². The fourth-order valence-electron chi connectivity index (χ4n) is 3.04. The van der Waals surface area contributed by atoms with Crippen molar-refractivity contribution in [2.24, 2.45) is 0 Å². The summed E-state index contributed by atoms with van der Waals surface area (Å²) in [5.41, 5.74) is 0. The normalized spacial score (nSPS) is 17.3. The number of carbonyl (C=O) groups excluding carboxylic acids is 1. The lowest BCUT2D eigenvalue weighted by molar-refractivity contribution is -0.122. The van der Waals surface area contributed by atoms with E-state index in [-0.39, 0.29) is 5.91 Å². The van der Waals surface area contributed by atoms with Crippen LogP contribution in [0.4, 0.5) is 0 Å². The fourth-order valence-corrected chi connectivity index (χ4v) is 3.69. The zero-order valence-electron chi connectivity index (χ0n) is 13.2. The first-order chi connectivity index (χ1) is 10.2. The average Bonchev–Trinajstić information content (AvgIpc) is 3.01. The molecule has 1 saturated heterocycles. The van der Waals surface area contributed by atoms with Gasteiger partial charge in [-0.1, -0.05) is 19.9 Å². The van der Waals surface area contributed by atoms with Gasteiger partial charge in [-0.15, -0.1) is 11.3 Å². The minimum absolute atomic E-state index is 0.143. The van der Waals surface area contributed by atoms with Crippen LogP contribution in [0, 0.1) is 0 Å². The van der Waals surface area contributed by atoms with E-state index in [9.17, 15) is 4.79 Å². The molecule has 4 nitrogen and oxygen atoms in total. The molecule has 0 unspecified atom stereocenters. The van der Waals surface area contributed by atoms with Crippen LogP contribution in [0.3, 0.4) is 0 Å². The summed E-state index contributed by atoms with van der Waals surface area (Å²) in [7, 11) is 0. The Kier molecular flexibility index (Phi) is 6.67. The fraction of sp³-hybridized carbons (Fsp3) is 0.688. The summed E-state index contributed by atoms with van der Waals surface area (Å²) in [6.07, 6.45) is 2.36. The number of amides is 1. The first-order valence-corrected chi connectivity index (χ1v) is 8.86. The lowest BCUT2D eigenvalue weighted by Gasteiger charge is -2.37. The molecule has 1 N–H and O–H groups in total. The van der Waals surface area contributed by atoms with Gasteiger partial charge in [0.25, 0.3) is 0 Å². The summed E-state index contributed by atoms with van der Waals surface area (Å²) in [6.45, 7) is 9.98. The molecule has 0 aliphatic carbocycles. The van der Waals surface area contributed by atoms with E-state index in [4.69, 9.17) is 0 Å². The highest BCUT2D eigenvalue weighted by Gasteiger charge is 2.23. The van der Waals surface area contributed by atoms with Crippen LogP contribution in [0.1, 0.15) is 31.6 Å². The molecule has 1 aliphatic heterocycles. The Labute approximate surface area is 132 Å². The van der Waals surface area contributed by atoms with E-state index < -0.39 is 0 Å². The van der Waals surface area contributed by atoms with Crippen molar-refractivity contribution in [3.05, 3.63) is 22.4 Å². The summed E-state index contributed by atoms with van der Waals surface area (Å²) in [5.74, 6) is 0.143. The third-order valence-corrected chi connectivity index (χ3v) is 5.17. The molecule has 0 aromatic carbocycles. The van der Waals surface area contributed by atoms with Gasteiger partial charge in [0.15, 0.2) is 0 Å². The van der Waals surface area contributed by atoms with Gasteiger partial charge in [0, 0.05) is 24.0 Å². The van der Waals surface area contributed by atoms with Gasteiger partial charge in [-0.2, -0.15) is 0 Å². The number of thiophene rings is 1. The van der Waals surface area contributed by atoms with Crippen molar-refractivity contribution in [3.8, 4) is 0 Å². The molecule has 1 aromatic heterocycles. The highest BCUT2D eigenvalue weighted by Crippen LogP contribution is 2.16. The van der Waals surface area contributed by atoms with Crippen LogP contribution < -0.4 is 5.32 Å². The topological polar surface area (TPSA) is 35.6 Å². The van der Waals surface area contributed by atoms with Gasteiger partial charge >= 0.3 is 0 Å². The standard InChI is InChI=1S/C16H27N3OS/c1-3-19(4-2)14-7-9-18(10-8-14)13-16(20)17-12-15-6-5-11-21-15/h5-6,11,14H,3-4,7-10,12-13H2,1-2H3,(H,17,20). The summed E-state index contributed by atoms with van der Waals surface area (Å²) in [4.78, 5) is 18.0. The van der Waals surface area contributed by atoms with E-state index in [1.54, 1.807) is 11.3 Å². The predicted molar refractivity (Wildman–Crippen MR) is 88.5 cm³/mol. The van der Waals surface area contributed by atoms with Gasteiger partial charge in [0.2, 0.25) is 5.91 Å². The molecule has 0 atom stereocenters. The van der Waals surface area contributed by atoms with Crippen LogP contribution in [0.2, 0.25) is 0 Å². The van der Waals surface area contributed by atoms with Crippen LogP contribution in [0.15, 0.2) is 17.5 Å². The average molecular weight is 309 g/mol. The first-order valence-electron chi connectivity index (χ1n) is 7.98. The van der Waals surface area contributed by atoms with Crippen LogP contribution >= 0.6 is 11.3 Å². The summed E-state index contributed by atoms with van der Waals surface area (Å²) in [6, 6.07) is 4.77. The highest BCUT2D eigenvalue weighted by atomic mass is 32.1. The van der Waals surface area contributed by atoms with E-state index >= 15 is 0 Å². The van der Waals surface area contributed by atoms with Crippen molar-refractivity contribution >= 4 is 17.2 Å². The Hall–Kier alpha value is -0.910. The first kappa shape index (κ1) is 16.5. The molecule has 0 spiro atoms.